The topological polar surface area (TPSA) is 70.5 Å². The summed E-state index contributed by atoms with van der Waals surface area (Å²) in [6.45, 7) is 3.12. The maximum absolute atomic E-state index is 11.9. The highest BCUT2D eigenvalue weighted by Gasteiger charge is 2.17. The molecule has 7 heteroatoms. The first-order valence-corrected chi connectivity index (χ1v) is 10.5. The molecule has 1 heterocycles. The number of aryl methyl sites for hydroxylation is 1. The largest absolute Gasteiger partial charge is 0.356 e. The maximum Gasteiger partial charge on any atom is 0.220 e. The number of para-hydroxylation sites is 1. The molecule has 0 aliphatic heterocycles. The van der Waals surface area contributed by atoms with Crippen LogP contribution in [0.15, 0.2) is 41.5 Å². The average Bonchev–Trinajstić information content (AvgIpc) is 3.36. The molecule has 2 aromatic rings. The van der Waals surface area contributed by atoms with Gasteiger partial charge in [0.05, 0.1) is 0 Å². The number of hydrogen-bond acceptors (Lipinski definition) is 2. The smallest absolute Gasteiger partial charge is 0.220 e. The number of rotatable bonds is 9. The molecule has 1 aromatic heterocycles. The third-order valence-electron chi connectivity index (χ3n) is 5.46. The molecule has 160 valence electrons. The van der Waals surface area contributed by atoms with E-state index in [2.05, 4.69) is 62.0 Å². The van der Waals surface area contributed by atoms with E-state index in [1.807, 2.05) is 0 Å². The predicted octanol–water partition coefficient (Wildman–Crippen LogP) is 3.51. The first-order valence-electron chi connectivity index (χ1n) is 10.5. The van der Waals surface area contributed by atoms with E-state index in [-0.39, 0.29) is 29.9 Å². The van der Waals surface area contributed by atoms with Crippen molar-refractivity contribution in [1.82, 2.24) is 20.5 Å². The van der Waals surface area contributed by atoms with Gasteiger partial charge in [-0.15, -0.1) is 24.0 Å². The zero-order valence-electron chi connectivity index (χ0n) is 17.3. The fraction of sp³-hybridized carbons (Fsp3) is 0.545. The summed E-state index contributed by atoms with van der Waals surface area (Å²) in [5.41, 5.74) is 1.28. The number of nitrogens with one attached hydrogen (secondary N) is 3. The fourth-order valence-corrected chi connectivity index (χ4v) is 3.94. The van der Waals surface area contributed by atoms with Gasteiger partial charge in [0.2, 0.25) is 5.91 Å². The van der Waals surface area contributed by atoms with E-state index in [1.54, 1.807) is 7.05 Å². The standard InChI is InChI=1S/C22H33N5O.HI/c1-23-22(26-14-13-24-21(28)17-18-7-2-3-8-18)25-12-6-15-27-16-11-19-9-4-5-10-20(19)27;/h4-5,9-11,16,18H,2-3,6-8,12-15,17H2,1H3,(H,24,28)(H2,23,25,26);1H. The van der Waals surface area contributed by atoms with Gasteiger partial charge >= 0.3 is 0 Å². The molecule has 0 radical (unpaired) electrons. The summed E-state index contributed by atoms with van der Waals surface area (Å²) in [4.78, 5) is 16.2. The number of hydrogen-bond donors (Lipinski definition) is 3. The molecule has 0 saturated heterocycles. The Morgan fingerprint density at radius 1 is 1.07 bits per heavy atom. The van der Waals surface area contributed by atoms with Crippen LogP contribution in [-0.2, 0) is 11.3 Å². The van der Waals surface area contributed by atoms with Crippen LogP contribution in [0.4, 0.5) is 0 Å². The van der Waals surface area contributed by atoms with Gasteiger partial charge in [0.15, 0.2) is 5.96 Å². The minimum atomic E-state index is 0. The van der Waals surface area contributed by atoms with Crippen molar-refractivity contribution in [2.75, 3.05) is 26.7 Å². The summed E-state index contributed by atoms with van der Waals surface area (Å²) in [7, 11) is 1.77. The van der Waals surface area contributed by atoms with Crippen LogP contribution >= 0.6 is 24.0 Å². The minimum absolute atomic E-state index is 0. The van der Waals surface area contributed by atoms with Crippen LogP contribution in [0.5, 0.6) is 0 Å². The number of aromatic nitrogens is 1. The zero-order valence-corrected chi connectivity index (χ0v) is 19.7. The van der Waals surface area contributed by atoms with E-state index in [0.29, 0.717) is 25.4 Å². The summed E-state index contributed by atoms with van der Waals surface area (Å²) in [6, 6.07) is 10.6. The molecule has 1 saturated carbocycles. The van der Waals surface area contributed by atoms with Crippen molar-refractivity contribution >= 4 is 46.7 Å². The highest BCUT2D eigenvalue weighted by molar-refractivity contribution is 14.0. The minimum Gasteiger partial charge on any atom is -0.356 e. The lowest BCUT2D eigenvalue weighted by atomic mass is 10.0. The number of nitrogens with zero attached hydrogens (tertiary/aromatic N) is 2. The molecule has 6 nitrogen and oxygen atoms in total. The summed E-state index contributed by atoms with van der Waals surface area (Å²) in [5.74, 6) is 1.55. The monoisotopic (exact) mass is 511 g/mol. The predicted molar refractivity (Wildman–Crippen MR) is 131 cm³/mol. The van der Waals surface area contributed by atoms with E-state index in [9.17, 15) is 4.79 Å². The molecule has 0 unspecified atom stereocenters. The second kappa shape index (κ2) is 12.7. The SMILES string of the molecule is CN=C(NCCCn1ccc2ccccc21)NCCNC(=O)CC1CCCC1.I. The molecule has 1 aromatic carbocycles. The first kappa shape index (κ1) is 23.5. The Morgan fingerprint density at radius 2 is 1.79 bits per heavy atom. The number of guanidine groups is 1. The number of benzene rings is 1. The molecule has 3 rings (SSSR count). The Bertz CT molecular complexity index is 782. The van der Waals surface area contributed by atoms with Gasteiger partial charge in [-0.2, -0.15) is 0 Å². The van der Waals surface area contributed by atoms with Crippen LogP contribution in [0.25, 0.3) is 10.9 Å². The van der Waals surface area contributed by atoms with E-state index < -0.39 is 0 Å². The molecule has 1 aliphatic carbocycles. The molecule has 29 heavy (non-hydrogen) atoms. The lowest BCUT2D eigenvalue weighted by molar-refractivity contribution is -0.121. The summed E-state index contributed by atoms with van der Waals surface area (Å²) < 4.78 is 2.28. The number of carbonyl (C=O) groups is 1. The Kier molecular flexibility index (Phi) is 10.3. The highest BCUT2D eigenvalue weighted by atomic mass is 127. The van der Waals surface area contributed by atoms with Crippen LogP contribution in [0.1, 0.15) is 38.5 Å². The quantitative estimate of drug-likeness (QED) is 0.209. The Morgan fingerprint density at radius 3 is 2.59 bits per heavy atom. The lowest BCUT2D eigenvalue weighted by Crippen LogP contribution is -2.42. The second-order valence-corrected chi connectivity index (χ2v) is 7.55. The number of halogens is 1. The van der Waals surface area contributed by atoms with Gasteiger partial charge in [-0.25, -0.2) is 0 Å². The van der Waals surface area contributed by atoms with E-state index in [0.717, 1.165) is 25.5 Å². The van der Waals surface area contributed by atoms with Crippen LogP contribution in [0.2, 0.25) is 0 Å². The second-order valence-electron chi connectivity index (χ2n) is 7.55. The Labute approximate surface area is 190 Å². The fourth-order valence-electron chi connectivity index (χ4n) is 3.94. The van der Waals surface area contributed by atoms with Crippen LogP contribution in [-0.4, -0.2) is 43.1 Å². The maximum atomic E-state index is 11.9. The van der Waals surface area contributed by atoms with Gasteiger partial charge < -0.3 is 20.5 Å². The molecule has 3 N–H and O–H groups in total. The first-order chi connectivity index (χ1) is 13.8. The van der Waals surface area contributed by atoms with Crippen LogP contribution in [0.3, 0.4) is 0 Å². The molecule has 0 spiro atoms. The van der Waals surface area contributed by atoms with Crippen LogP contribution in [0, 0.1) is 5.92 Å². The summed E-state index contributed by atoms with van der Waals surface area (Å²) in [5, 5.41) is 10.9. The molecule has 0 bridgehead atoms. The number of carbonyl (C=O) groups excluding carboxylic acids is 1. The van der Waals surface area contributed by atoms with Gasteiger partial charge in [0.25, 0.3) is 0 Å². The number of fused-ring (bicyclic) bond motifs is 1. The Hall–Kier alpha value is -1.77. The molecule has 1 fully saturated rings. The number of aliphatic imine (C=N–C) groups is 1. The van der Waals surface area contributed by atoms with Gasteiger partial charge in [0, 0.05) is 51.4 Å². The zero-order chi connectivity index (χ0) is 19.6. The number of amides is 1. The van der Waals surface area contributed by atoms with Gasteiger partial charge in [0.1, 0.15) is 0 Å². The van der Waals surface area contributed by atoms with Gasteiger partial charge in [-0.1, -0.05) is 31.0 Å². The van der Waals surface area contributed by atoms with Crippen molar-refractivity contribution in [1.29, 1.82) is 0 Å². The van der Waals surface area contributed by atoms with E-state index >= 15 is 0 Å². The highest BCUT2D eigenvalue weighted by Crippen LogP contribution is 2.27. The van der Waals surface area contributed by atoms with Crippen molar-refractivity contribution in [3.63, 3.8) is 0 Å². The van der Waals surface area contributed by atoms with E-state index in [1.165, 1.54) is 36.6 Å². The Balaban J connectivity index is 0.00000300. The average molecular weight is 511 g/mol. The van der Waals surface area contributed by atoms with Gasteiger partial charge in [-0.3, -0.25) is 9.79 Å². The van der Waals surface area contributed by atoms with Crippen molar-refractivity contribution in [3.05, 3.63) is 36.5 Å². The molecule has 0 atom stereocenters. The third-order valence-corrected chi connectivity index (χ3v) is 5.46. The molecular formula is C22H34IN5O. The van der Waals surface area contributed by atoms with Crippen molar-refractivity contribution < 1.29 is 4.79 Å². The lowest BCUT2D eigenvalue weighted by Gasteiger charge is -2.13. The van der Waals surface area contributed by atoms with E-state index in [4.69, 9.17) is 0 Å². The molecular weight excluding hydrogens is 477 g/mol. The van der Waals surface area contributed by atoms with Crippen molar-refractivity contribution in [2.45, 2.75) is 45.1 Å². The molecule has 1 aliphatic rings. The summed E-state index contributed by atoms with van der Waals surface area (Å²) in [6.07, 6.45) is 8.82. The molecule has 1 amide bonds. The van der Waals surface area contributed by atoms with Gasteiger partial charge in [-0.05, 0) is 42.7 Å². The summed E-state index contributed by atoms with van der Waals surface area (Å²) >= 11 is 0. The van der Waals surface area contributed by atoms with Crippen molar-refractivity contribution in [2.24, 2.45) is 10.9 Å². The normalized spacial score (nSPS) is 14.6. The van der Waals surface area contributed by atoms with Crippen LogP contribution < -0.4 is 16.0 Å². The van der Waals surface area contributed by atoms with Crippen molar-refractivity contribution in [3.8, 4) is 0 Å². The third kappa shape index (κ3) is 7.53.